The largest absolute Gasteiger partial charge is 0.381 e. The normalized spacial score (nSPS) is 17.4. The van der Waals surface area contributed by atoms with Crippen molar-refractivity contribution in [3.63, 3.8) is 0 Å². The highest BCUT2D eigenvalue weighted by molar-refractivity contribution is 6.40. The second-order valence-electron chi connectivity index (χ2n) is 9.97. The lowest BCUT2D eigenvalue weighted by Crippen LogP contribution is -2.54. The summed E-state index contributed by atoms with van der Waals surface area (Å²) in [5.41, 5.74) is 2.59. The minimum absolute atomic E-state index is 0.0973. The molecule has 0 spiro atoms. The first kappa shape index (κ1) is 27.7. The van der Waals surface area contributed by atoms with E-state index in [4.69, 9.17) is 16.3 Å². The number of ether oxygens (including phenoxy) is 1. The summed E-state index contributed by atoms with van der Waals surface area (Å²) in [5, 5.41) is 16.7. The summed E-state index contributed by atoms with van der Waals surface area (Å²) in [4.78, 5) is 42.2. The summed E-state index contributed by atoms with van der Waals surface area (Å²) in [5.74, 6) is -1.52. The number of nitrogens with zero attached hydrogens (tertiary/aromatic N) is 6. The number of aromatic nitrogens is 4. The first-order valence-corrected chi connectivity index (χ1v) is 13.6. The third kappa shape index (κ3) is 6.64. The third-order valence-electron chi connectivity index (χ3n) is 7.13. The number of hydrogen-bond acceptors (Lipinski definition) is 8. The van der Waals surface area contributed by atoms with E-state index in [1.165, 1.54) is 17.1 Å². The molecule has 2 N–H and O–H groups in total. The Morgan fingerprint density at radius 2 is 1.88 bits per heavy atom. The van der Waals surface area contributed by atoms with E-state index in [1.54, 1.807) is 12.1 Å². The minimum atomic E-state index is -0.836. The molecule has 0 radical (unpaired) electrons. The molecule has 0 saturated carbocycles. The lowest BCUT2D eigenvalue weighted by Gasteiger charge is -2.40. The Hall–Kier alpha value is -3.87. The second kappa shape index (κ2) is 12.5. The van der Waals surface area contributed by atoms with Crippen molar-refractivity contribution in [2.24, 2.45) is 0 Å². The number of carbonyl (C=O) groups excluding carboxylic acids is 3. The van der Waals surface area contributed by atoms with Gasteiger partial charge in [0.05, 0.1) is 17.9 Å². The molecule has 40 heavy (non-hydrogen) atoms. The molecule has 2 aliphatic heterocycles. The maximum Gasteiger partial charge on any atom is 0.313 e. The lowest BCUT2D eigenvalue weighted by atomic mass is 10.0. The minimum Gasteiger partial charge on any atom is -0.381 e. The van der Waals surface area contributed by atoms with Gasteiger partial charge in [-0.15, -0.1) is 5.10 Å². The highest BCUT2D eigenvalue weighted by Crippen LogP contribution is 2.24. The molecule has 2 aromatic carbocycles. The Balaban J connectivity index is 1.13. The van der Waals surface area contributed by atoms with Gasteiger partial charge in [0.15, 0.2) is 0 Å². The van der Waals surface area contributed by atoms with E-state index in [1.807, 2.05) is 36.1 Å². The Morgan fingerprint density at radius 3 is 2.58 bits per heavy atom. The van der Waals surface area contributed by atoms with Crippen molar-refractivity contribution in [2.75, 3.05) is 43.1 Å². The van der Waals surface area contributed by atoms with Gasteiger partial charge in [-0.3, -0.25) is 19.3 Å². The second-order valence-corrected chi connectivity index (χ2v) is 10.4. The lowest BCUT2D eigenvalue weighted by molar-refractivity contribution is -0.136. The number of hydrogen-bond donors (Lipinski definition) is 2. The van der Waals surface area contributed by atoms with E-state index in [2.05, 4.69) is 31.1 Å². The summed E-state index contributed by atoms with van der Waals surface area (Å²) >= 11 is 6.08. The molecule has 2 saturated heterocycles. The molecule has 2 fully saturated rings. The Kier molecular flexibility index (Phi) is 8.68. The molecule has 12 nitrogen and oxygen atoms in total. The number of piperazine rings is 1. The number of tetrazole rings is 1. The van der Waals surface area contributed by atoms with E-state index in [0.717, 1.165) is 43.9 Å². The van der Waals surface area contributed by atoms with E-state index in [0.29, 0.717) is 41.9 Å². The summed E-state index contributed by atoms with van der Waals surface area (Å²) < 4.78 is 6.80. The zero-order valence-electron chi connectivity index (χ0n) is 22.1. The van der Waals surface area contributed by atoms with E-state index in [-0.39, 0.29) is 11.9 Å². The monoisotopic (exact) mass is 566 g/mol. The Bertz CT molecular complexity index is 1350. The molecule has 0 aliphatic carbocycles. The fourth-order valence-corrected chi connectivity index (χ4v) is 5.26. The molecular formula is C27H31ClN8O4. The van der Waals surface area contributed by atoms with Crippen LogP contribution >= 0.6 is 11.6 Å². The van der Waals surface area contributed by atoms with Crippen molar-refractivity contribution in [2.45, 2.75) is 38.3 Å². The first-order chi connectivity index (χ1) is 19.4. The quantitative estimate of drug-likeness (QED) is 0.414. The van der Waals surface area contributed by atoms with Crippen molar-refractivity contribution in [3.8, 4) is 5.69 Å². The zero-order chi connectivity index (χ0) is 28.1. The molecule has 0 bridgehead atoms. The summed E-state index contributed by atoms with van der Waals surface area (Å²) in [6, 6.07) is 12.6. The van der Waals surface area contributed by atoms with Gasteiger partial charge in [-0.2, -0.15) is 4.68 Å². The van der Waals surface area contributed by atoms with Crippen molar-refractivity contribution in [3.05, 3.63) is 59.4 Å². The standard InChI is InChI=1S/C27H31ClN8O4/c1-18(30-26(38)27(39)31-23-15-20(28)4-7-24(23)36-17-29-32-33-36)14-19-2-5-22(6-3-19)35-11-10-34(16-25(35)37)21-8-12-40-13-9-21/h2-7,15,17-18,21H,8-14,16H2,1H3,(H,30,38)(H,31,39). The molecule has 3 amide bonds. The van der Waals surface area contributed by atoms with Gasteiger partial charge in [-0.25, -0.2) is 0 Å². The molecule has 3 heterocycles. The van der Waals surface area contributed by atoms with Crippen LogP contribution in [0.15, 0.2) is 48.8 Å². The summed E-state index contributed by atoms with van der Waals surface area (Å²) in [6.07, 6.45) is 3.83. The van der Waals surface area contributed by atoms with Gasteiger partial charge in [-0.1, -0.05) is 23.7 Å². The molecule has 1 unspecified atom stereocenters. The smallest absolute Gasteiger partial charge is 0.313 e. The van der Waals surface area contributed by atoms with Crippen LogP contribution in [0.4, 0.5) is 11.4 Å². The molecule has 5 rings (SSSR count). The van der Waals surface area contributed by atoms with Crippen LogP contribution in [0.5, 0.6) is 0 Å². The summed E-state index contributed by atoms with van der Waals surface area (Å²) in [7, 11) is 0. The number of nitrogens with one attached hydrogen (secondary N) is 2. The first-order valence-electron chi connectivity index (χ1n) is 13.2. The van der Waals surface area contributed by atoms with Crippen LogP contribution in [0.1, 0.15) is 25.3 Å². The fourth-order valence-electron chi connectivity index (χ4n) is 5.09. The van der Waals surface area contributed by atoms with E-state index in [9.17, 15) is 14.4 Å². The predicted octanol–water partition coefficient (Wildman–Crippen LogP) is 1.83. The van der Waals surface area contributed by atoms with E-state index >= 15 is 0 Å². The van der Waals surface area contributed by atoms with Crippen molar-refractivity contribution >= 4 is 40.7 Å². The van der Waals surface area contributed by atoms with Crippen LogP contribution in [0, 0.1) is 0 Å². The van der Waals surface area contributed by atoms with Gasteiger partial charge >= 0.3 is 11.8 Å². The molecular weight excluding hydrogens is 536 g/mol. The number of rotatable bonds is 7. The van der Waals surface area contributed by atoms with Crippen molar-refractivity contribution in [1.29, 1.82) is 0 Å². The maximum absolute atomic E-state index is 12.9. The average molecular weight is 567 g/mol. The number of halogens is 1. The molecule has 1 atom stereocenters. The van der Waals surface area contributed by atoms with Gasteiger partial charge in [-0.05, 0) is 72.5 Å². The number of carbonyl (C=O) groups is 3. The third-order valence-corrected chi connectivity index (χ3v) is 7.37. The number of benzene rings is 2. The van der Waals surface area contributed by atoms with Gasteiger partial charge in [0.1, 0.15) is 6.33 Å². The van der Waals surface area contributed by atoms with Crippen LogP contribution in [-0.2, 0) is 25.5 Å². The fraction of sp³-hybridized carbons (Fsp3) is 0.407. The zero-order valence-corrected chi connectivity index (χ0v) is 22.9. The average Bonchev–Trinajstić information content (AvgIpc) is 3.49. The van der Waals surface area contributed by atoms with Crippen LogP contribution in [0.25, 0.3) is 5.69 Å². The van der Waals surface area contributed by atoms with Crippen LogP contribution in [0.3, 0.4) is 0 Å². The molecule has 1 aromatic heterocycles. The van der Waals surface area contributed by atoms with Gasteiger partial charge in [0.25, 0.3) is 0 Å². The SMILES string of the molecule is CC(Cc1ccc(N2CCN(C3CCOCC3)CC2=O)cc1)NC(=O)C(=O)Nc1cc(Cl)ccc1-n1cnnn1. The van der Waals surface area contributed by atoms with Crippen molar-refractivity contribution < 1.29 is 19.1 Å². The highest BCUT2D eigenvalue weighted by Gasteiger charge is 2.30. The maximum atomic E-state index is 12.9. The number of anilines is 2. The molecule has 13 heteroatoms. The Labute approximate surface area is 236 Å². The van der Waals surface area contributed by atoms with Crippen LogP contribution in [0.2, 0.25) is 5.02 Å². The predicted molar refractivity (Wildman–Crippen MR) is 148 cm³/mol. The van der Waals surface area contributed by atoms with Gasteiger partial charge < -0.3 is 20.3 Å². The van der Waals surface area contributed by atoms with Crippen LogP contribution in [-0.4, -0.2) is 87.8 Å². The molecule has 210 valence electrons. The van der Waals surface area contributed by atoms with Crippen LogP contribution < -0.4 is 15.5 Å². The highest BCUT2D eigenvalue weighted by atomic mass is 35.5. The van der Waals surface area contributed by atoms with E-state index < -0.39 is 11.8 Å². The summed E-state index contributed by atoms with van der Waals surface area (Å²) in [6.45, 7) is 5.26. The number of amides is 3. The van der Waals surface area contributed by atoms with Crippen molar-refractivity contribution in [1.82, 2.24) is 30.4 Å². The molecule has 2 aliphatic rings. The topological polar surface area (TPSA) is 135 Å². The van der Waals surface area contributed by atoms with Gasteiger partial charge in [0.2, 0.25) is 5.91 Å². The Morgan fingerprint density at radius 1 is 1.10 bits per heavy atom. The van der Waals surface area contributed by atoms with Gasteiger partial charge in [0, 0.05) is 49.1 Å². The molecule has 3 aromatic rings.